The Morgan fingerprint density at radius 3 is 2.40 bits per heavy atom. The van der Waals surface area contributed by atoms with Crippen molar-refractivity contribution in [2.45, 2.75) is 38.9 Å². The summed E-state index contributed by atoms with van der Waals surface area (Å²) in [6.45, 7) is 4.00. The highest BCUT2D eigenvalue weighted by molar-refractivity contribution is 5.80. The summed E-state index contributed by atoms with van der Waals surface area (Å²) in [5.41, 5.74) is 8.70. The zero-order chi connectivity index (χ0) is 18.4. The normalized spacial score (nSPS) is 12.6. The molecule has 0 saturated carbocycles. The SMILES string of the molecule is CC.NC(CCC(F)(F)F)c1nc2cc(-c3ccncc3)ccc2o1. The average Bonchev–Trinajstić information content (AvgIpc) is 3.05. The topological polar surface area (TPSA) is 64.9 Å². The molecule has 0 aliphatic carbocycles. The monoisotopic (exact) mass is 351 g/mol. The van der Waals surface area contributed by atoms with E-state index in [4.69, 9.17) is 10.2 Å². The van der Waals surface area contributed by atoms with Crippen LogP contribution in [0.25, 0.3) is 22.2 Å². The first-order valence-corrected chi connectivity index (χ1v) is 8.05. The number of halogens is 3. The Kier molecular flexibility index (Phi) is 6.14. The standard InChI is InChI=1S/C16H14F3N3O.C2H6/c17-16(18,19)6-3-12(20)15-22-13-9-11(1-2-14(13)23-15)10-4-7-21-8-5-10;1-2/h1-2,4-5,7-9,12H,3,6,20H2;1-2H3. The van der Waals surface area contributed by atoms with Gasteiger partial charge in [0.15, 0.2) is 5.58 Å². The van der Waals surface area contributed by atoms with Crippen LogP contribution >= 0.6 is 0 Å². The maximum Gasteiger partial charge on any atom is 0.389 e. The smallest absolute Gasteiger partial charge is 0.389 e. The second-order valence-corrected chi connectivity index (χ2v) is 5.23. The van der Waals surface area contributed by atoms with Crippen molar-refractivity contribution in [1.29, 1.82) is 0 Å². The average molecular weight is 351 g/mol. The Balaban J connectivity index is 0.00000109. The Hall–Kier alpha value is -2.41. The van der Waals surface area contributed by atoms with Crippen molar-refractivity contribution in [3.8, 4) is 11.1 Å². The summed E-state index contributed by atoms with van der Waals surface area (Å²) in [4.78, 5) is 8.18. The van der Waals surface area contributed by atoms with Crippen LogP contribution in [-0.4, -0.2) is 16.1 Å². The van der Waals surface area contributed by atoms with E-state index in [-0.39, 0.29) is 12.3 Å². The summed E-state index contributed by atoms with van der Waals surface area (Å²) in [5.74, 6) is 0.121. The molecule has 0 fully saturated rings. The van der Waals surface area contributed by atoms with E-state index in [1.165, 1.54) is 0 Å². The maximum absolute atomic E-state index is 12.3. The van der Waals surface area contributed by atoms with E-state index in [1.54, 1.807) is 18.5 Å². The maximum atomic E-state index is 12.3. The highest BCUT2D eigenvalue weighted by Gasteiger charge is 2.29. The van der Waals surface area contributed by atoms with E-state index in [1.807, 2.05) is 38.1 Å². The molecule has 134 valence electrons. The lowest BCUT2D eigenvalue weighted by Crippen LogP contribution is -2.16. The van der Waals surface area contributed by atoms with Gasteiger partial charge in [-0.15, -0.1) is 0 Å². The number of rotatable bonds is 4. The van der Waals surface area contributed by atoms with E-state index >= 15 is 0 Å². The van der Waals surface area contributed by atoms with Gasteiger partial charge in [0.2, 0.25) is 5.89 Å². The molecule has 3 aromatic rings. The molecule has 0 bridgehead atoms. The third-order valence-corrected chi connectivity index (χ3v) is 3.47. The molecule has 0 aliphatic rings. The van der Waals surface area contributed by atoms with Crippen LogP contribution in [0, 0.1) is 0 Å². The number of alkyl halides is 3. The van der Waals surface area contributed by atoms with Gasteiger partial charge in [-0.25, -0.2) is 4.98 Å². The highest BCUT2D eigenvalue weighted by atomic mass is 19.4. The van der Waals surface area contributed by atoms with E-state index < -0.39 is 18.6 Å². The molecule has 0 amide bonds. The molecule has 0 aliphatic heterocycles. The number of hydrogen-bond donors (Lipinski definition) is 1. The van der Waals surface area contributed by atoms with Crippen LogP contribution in [0.4, 0.5) is 13.2 Å². The molecular weight excluding hydrogens is 331 g/mol. The zero-order valence-corrected chi connectivity index (χ0v) is 14.0. The lowest BCUT2D eigenvalue weighted by molar-refractivity contribution is -0.136. The Bertz CT molecular complexity index is 800. The van der Waals surface area contributed by atoms with Gasteiger partial charge in [0.05, 0.1) is 6.04 Å². The highest BCUT2D eigenvalue weighted by Crippen LogP contribution is 2.29. The third kappa shape index (κ3) is 5.03. The number of nitrogens with zero attached hydrogens (tertiary/aromatic N) is 2. The van der Waals surface area contributed by atoms with Crippen molar-refractivity contribution in [3.63, 3.8) is 0 Å². The number of oxazole rings is 1. The van der Waals surface area contributed by atoms with Gasteiger partial charge in [-0.05, 0) is 41.8 Å². The lowest BCUT2D eigenvalue weighted by Gasteiger charge is -2.09. The molecule has 0 spiro atoms. The van der Waals surface area contributed by atoms with Crippen LogP contribution in [0.1, 0.15) is 38.6 Å². The first kappa shape index (κ1) is 18.9. The van der Waals surface area contributed by atoms with Crippen LogP contribution < -0.4 is 5.73 Å². The van der Waals surface area contributed by atoms with Crippen LogP contribution in [0.15, 0.2) is 47.1 Å². The minimum absolute atomic E-state index is 0.121. The first-order chi connectivity index (χ1) is 11.9. The van der Waals surface area contributed by atoms with Gasteiger partial charge in [0.25, 0.3) is 0 Å². The fourth-order valence-corrected chi connectivity index (χ4v) is 2.27. The van der Waals surface area contributed by atoms with Gasteiger partial charge in [-0.2, -0.15) is 13.2 Å². The Morgan fingerprint density at radius 1 is 1.08 bits per heavy atom. The van der Waals surface area contributed by atoms with Crippen LogP contribution in [0.3, 0.4) is 0 Å². The Labute approximate surface area is 143 Å². The van der Waals surface area contributed by atoms with Gasteiger partial charge in [-0.1, -0.05) is 19.9 Å². The van der Waals surface area contributed by atoms with Crippen LogP contribution in [0.5, 0.6) is 0 Å². The molecule has 0 saturated heterocycles. The predicted molar refractivity (Wildman–Crippen MR) is 90.8 cm³/mol. The van der Waals surface area contributed by atoms with Crippen LogP contribution in [0.2, 0.25) is 0 Å². The number of pyridine rings is 1. The number of hydrogen-bond acceptors (Lipinski definition) is 4. The van der Waals surface area contributed by atoms with Gasteiger partial charge in [0, 0.05) is 18.8 Å². The molecule has 1 unspecified atom stereocenters. The summed E-state index contributed by atoms with van der Waals surface area (Å²) in [5, 5.41) is 0. The number of benzene rings is 1. The molecule has 1 atom stereocenters. The van der Waals surface area contributed by atoms with E-state index in [9.17, 15) is 13.2 Å². The molecule has 25 heavy (non-hydrogen) atoms. The van der Waals surface area contributed by atoms with Crippen molar-refractivity contribution >= 4 is 11.1 Å². The summed E-state index contributed by atoms with van der Waals surface area (Å²) in [6.07, 6.45) is -2.09. The number of aromatic nitrogens is 2. The molecule has 1 aromatic carbocycles. The molecule has 4 nitrogen and oxygen atoms in total. The van der Waals surface area contributed by atoms with Gasteiger partial charge in [-0.3, -0.25) is 4.98 Å². The fraction of sp³-hybridized carbons (Fsp3) is 0.333. The molecule has 2 heterocycles. The minimum Gasteiger partial charge on any atom is -0.439 e. The zero-order valence-electron chi connectivity index (χ0n) is 14.0. The molecule has 7 heteroatoms. The molecule has 2 N–H and O–H groups in total. The van der Waals surface area contributed by atoms with Crippen molar-refractivity contribution in [3.05, 3.63) is 48.6 Å². The van der Waals surface area contributed by atoms with Crippen molar-refractivity contribution in [2.24, 2.45) is 5.73 Å². The van der Waals surface area contributed by atoms with E-state index in [0.717, 1.165) is 11.1 Å². The predicted octanol–water partition coefficient (Wildman–Crippen LogP) is 5.26. The minimum atomic E-state index is -4.24. The first-order valence-electron chi connectivity index (χ1n) is 8.05. The second kappa shape index (κ2) is 8.11. The summed E-state index contributed by atoms with van der Waals surface area (Å²) >= 11 is 0. The second-order valence-electron chi connectivity index (χ2n) is 5.23. The molecule has 3 rings (SSSR count). The van der Waals surface area contributed by atoms with Gasteiger partial charge in [0.1, 0.15) is 5.52 Å². The largest absolute Gasteiger partial charge is 0.439 e. The van der Waals surface area contributed by atoms with Crippen molar-refractivity contribution in [2.75, 3.05) is 0 Å². The number of nitrogens with two attached hydrogens (primary N) is 1. The van der Waals surface area contributed by atoms with Crippen molar-refractivity contribution in [1.82, 2.24) is 9.97 Å². The quantitative estimate of drug-likeness (QED) is 0.696. The van der Waals surface area contributed by atoms with Crippen molar-refractivity contribution < 1.29 is 17.6 Å². The van der Waals surface area contributed by atoms with E-state index in [2.05, 4.69) is 9.97 Å². The molecule has 2 aromatic heterocycles. The summed E-state index contributed by atoms with van der Waals surface area (Å²) < 4.78 is 42.3. The number of fused-ring (bicyclic) bond motifs is 1. The summed E-state index contributed by atoms with van der Waals surface area (Å²) in [7, 11) is 0. The van der Waals surface area contributed by atoms with Crippen LogP contribution in [-0.2, 0) is 0 Å². The lowest BCUT2D eigenvalue weighted by atomic mass is 10.1. The molecular formula is C18H20F3N3O. The third-order valence-electron chi connectivity index (χ3n) is 3.47. The summed E-state index contributed by atoms with van der Waals surface area (Å²) in [6, 6.07) is 8.24. The molecule has 0 radical (unpaired) electrons. The Morgan fingerprint density at radius 2 is 1.76 bits per heavy atom. The van der Waals surface area contributed by atoms with Gasteiger partial charge < -0.3 is 10.2 Å². The van der Waals surface area contributed by atoms with Gasteiger partial charge >= 0.3 is 6.18 Å². The van der Waals surface area contributed by atoms with E-state index in [0.29, 0.717) is 11.1 Å². The fourth-order valence-electron chi connectivity index (χ4n) is 2.27.